The van der Waals surface area contributed by atoms with Gasteiger partial charge in [0.2, 0.25) is 0 Å². The maximum Gasteiger partial charge on any atom is 0.0629 e. The third-order valence-electron chi connectivity index (χ3n) is 5.36. The van der Waals surface area contributed by atoms with Crippen molar-refractivity contribution in [2.45, 2.75) is 69.5 Å². The lowest BCUT2D eigenvalue weighted by Gasteiger charge is -2.37. The Labute approximate surface area is 116 Å². The fraction of sp³-hybridized carbons (Fsp3) is 1.00. The van der Waals surface area contributed by atoms with Gasteiger partial charge in [0.1, 0.15) is 0 Å². The van der Waals surface area contributed by atoms with Gasteiger partial charge >= 0.3 is 0 Å². The van der Waals surface area contributed by atoms with Crippen LogP contribution in [0.25, 0.3) is 0 Å². The third kappa shape index (κ3) is 2.71. The quantitative estimate of drug-likeness (QED) is 0.776. The molecule has 3 atom stereocenters. The molecule has 3 rings (SSSR count). The number of alkyl halides is 1. The van der Waals surface area contributed by atoms with E-state index >= 15 is 0 Å². The van der Waals surface area contributed by atoms with Crippen LogP contribution in [0, 0.1) is 11.8 Å². The van der Waals surface area contributed by atoms with Crippen molar-refractivity contribution in [2.24, 2.45) is 11.8 Å². The monoisotopic (exact) mass is 270 g/mol. The van der Waals surface area contributed by atoms with Crippen molar-refractivity contribution in [3.8, 4) is 0 Å². The van der Waals surface area contributed by atoms with Gasteiger partial charge in [0.25, 0.3) is 0 Å². The molecule has 0 aromatic rings. The van der Waals surface area contributed by atoms with Crippen LogP contribution < -0.4 is 5.32 Å². The van der Waals surface area contributed by atoms with Crippen LogP contribution in [0.3, 0.4) is 0 Å². The van der Waals surface area contributed by atoms with Gasteiger partial charge in [-0.2, -0.15) is 0 Å². The van der Waals surface area contributed by atoms with Crippen LogP contribution >= 0.6 is 11.6 Å². The summed E-state index contributed by atoms with van der Waals surface area (Å²) in [6, 6.07) is 0.777. The van der Waals surface area contributed by atoms with Gasteiger partial charge in [-0.1, -0.05) is 0 Å². The van der Waals surface area contributed by atoms with Crippen LogP contribution in [0.2, 0.25) is 0 Å². The Morgan fingerprint density at radius 2 is 1.94 bits per heavy atom. The van der Waals surface area contributed by atoms with Crippen LogP contribution in [-0.2, 0) is 0 Å². The second-order valence-corrected chi connectivity index (χ2v) is 7.32. The van der Waals surface area contributed by atoms with Crippen LogP contribution in [-0.4, -0.2) is 35.6 Å². The van der Waals surface area contributed by atoms with E-state index in [1.165, 1.54) is 58.0 Å². The number of likely N-dealkylation sites (tertiary alicyclic amines) is 1. The number of hydrogen-bond donors (Lipinski definition) is 1. The van der Waals surface area contributed by atoms with Gasteiger partial charge in [0.05, 0.1) is 6.17 Å². The van der Waals surface area contributed by atoms with Gasteiger partial charge < -0.3 is 5.32 Å². The van der Waals surface area contributed by atoms with Gasteiger partial charge in [0, 0.05) is 18.0 Å². The molecule has 0 amide bonds. The summed E-state index contributed by atoms with van der Waals surface area (Å²) in [6.07, 6.45) is 10.0. The van der Waals surface area contributed by atoms with Crippen LogP contribution in [0.1, 0.15) is 51.9 Å². The summed E-state index contributed by atoms with van der Waals surface area (Å²) in [5, 5.41) is 4.22. The summed E-state index contributed by atoms with van der Waals surface area (Å²) in [5.41, 5.74) is 0. The minimum atomic E-state index is 0.456. The molecule has 3 fully saturated rings. The van der Waals surface area contributed by atoms with E-state index in [1.807, 2.05) is 0 Å². The largest absolute Gasteiger partial charge is 0.301 e. The van der Waals surface area contributed by atoms with E-state index in [0.29, 0.717) is 11.5 Å². The van der Waals surface area contributed by atoms with E-state index in [9.17, 15) is 0 Å². The summed E-state index contributed by atoms with van der Waals surface area (Å²) in [4.78, 5) is 2.77. The van der Waals surface area contributed by atoms with Crippen molar-refractivity contribution in [2.75, 3.05) is 13.1 Å². The number of hydrogen-bond acceptors (Lipinski definition) is 2. The third-order valence-corrected chi connectivity index (χ3v) is 5.80. The molecule has 0 radical (unpaired) electrons. The van der Waals surface area contributed by atoms with E-state index in [0.717, 1.165) is 17.9 Å². The van der Waals surface area contributed by atoms with Gasteiger partial charge in [-0.3, -0.25) is 4.90 Å². The average Bonchev–Trinajstić information content (AvgIpc) is 2.69. The van der Waals surface area contributed by atoms with Gasteiger partial charge in [-0.05, 0) is 70.3 Å². The average molecular weight is 271 g/mol. The van der Waals surface area contributed by atoms with Crippen molar-refractivity contribution < 1.29 is 0 Å². The molecule has 3 aliphatic rings. The first-order chi connectivity index (χ1) is 8.74. The van der Waals surface area contributed by atoms with Gasteiger partial charge in [-0.25, -0.2) is 0 Å². The zero-order valence-corrected chi connectivity index (χ0v) is 12.3. The molecule has 1 N–H and O–H groups in total. The van der Waals surface area contributed by atoms with Crippen LogP contribution in [0.15, 0.2) is 0 Å². The van der Waals surface area contributed by atoms with Crippen molar-refractivity contribution in [1.82, 2.24) is 10.2 Å². The Kier molecular flexibility index (Phi) is 4.17. The lowest BCUT2D eigenvalue weighted by Crippen LogP contribution is -2.50. The van der Waals surface area contributed by atoms with E-state index in [2.05, 4.69) is 17.1 Å². The molecule has 0 bridgehead atoms. The number of rotatable bonds is 2. The number of halogens is 1. The lowest BCUT2D eigenvalue weighted by atomic mass is 9.88. The van der Waals surface area contributed by atoms with Gasteiger partial charge in [0.15, 0.2) is 0 Å². The fourth-order valence-electron chi connectivity index (χ4n) is 4.32. The van der Waals surface area contributed by atoms with Crippen molar-refractivity contribution in [3.63, 3.8) is 0 Å². The maximum atomic E-state index is 6.21. The first kappa shape index (κ1) is 13.2. The highest BCUT2D eigenvalue weighted by molar-refractivity contribution is 6.20. The Bertz CT molecular complexity index is 276. The molecule has 0 aromatic carbocycles. The Morgan fingerprint density at radius 3 is 2.72 bits per heavy atom. The minimum Gasteiger partial charge on any atom is -0.301 e. The number of piperidine rings is 1. The Balaban J connectivity index is 1.57. The molecule has 2 saturated heterocycles. The maximum absolute atomic E-state index is 6.21. The zero-order valence-electron chi connectivity index (χ0n) is 11.6. The highest BCUT2D eigenvalue weighted by atomic mass is 35.5. The SMILES string of the molecule is CC1CC2CCCNC2N1CC1CCC(Cl)CC1. The molecule has 18 heavy (non-hydrogen) atoms. The number of nitrogens with one attached hydrogen (secondary N) is 1. The highest BCUT2D eigenvalue weighted by Gasteiger charge is 2.40. The molecule has 2 aliphatic heterocycles. The normalized spacial score (nSPS) is 46.0. The van der Waals surface area contributed by atoms with E-state index in [-0.39, 0.29) is 0 Å². The smallest absolute Gasteiger partial charge is 0.0629 e. The Morgan fingerprint density at radius 1 is 1.17 bits per heavy atom. The van der Waals surface area contributed by atoms with Crippen LogP contribution in [0.4, 0.5) is 0 Å². The summed E-state index contributed by atoms with van der Waals surface area (Å²) in [6.45, 7) is 4.95. The van der Waals surface area contributed by atoms with E-state index in [4.69, 9.17) is 11.6 Å². The highest BCUT2D eigenvalue weighted by Crippen LogP contribution is 2.36. The molecule has 0 spiro atoms. The molecular formula is C15H27ClN2. The summed E-state index contributed by atoms with van der Waals surface area (Å²) >= 11 is 6.21. The first-order valence-corrected chi connectivity index (χ1v) is 8.31. The zero-order chi connectivity index (χ0) is 12.5. The second-order valence-electron chi connectivity index (χ2n) is 6.70. The molecule has 1 saturated carbocycles. The first-order valence-electron chi connectivity index (χ1n) is 7.87. The number of fused-ring (bicyclic) bond motifs is 1. The summed E-state index contributed by atoms with van der Waals surface area (Å²) in [5.74, 6) is 1.81. The van der Waals surface area contributed by atoms with Crippen LogP contribution in [0.5, 0.6) is 0 Å². The molecule has 2 heterocycles. The second kappa shape index (κ2) is 5.68. The lowest BCUT2D eigenvalue weighted by molar-refractivity contribution is 0.107. The minimum absolute atomic E-state index is 0.456. The van der Waals surface area contributed by atoms with E-state index in [1.54, 1.807) is 0 Å². The molecule has 1 aliphatic carbocycles. The van der Waals surface area contributed by atoms with Crippen molar-refractivity contribution in [1.29, 1.82) is 0 Å². The Hall–Kier alpha value is 0.210. The summed E-state index contributed by atoms with van der Waals surface area (Å²) in [7, 11) is 0. The standard InChI is InChI=1S/C15H27ClN2/c1-11-9-13-3-2-8-17-15(13)18(11)10-12-4-6-14(16)7-5-12/h11-15,17H,2-10H2,1H3. The molecule has 2 nitrogen and oxygen atoms in total. The molecule has 0 aromatic heterocycles. The molecule has 3 unspecified atom stereocenters. The van der Waals surface area contributed by atoms with E-state index < -0.39 is 0 Å². The molecule has 104 valence electrons. The topological polar surface area (TPSA) is 15.3 Å². The molecular weight excluding hydrogens is 244 g/mol. The van der Waals surface area contributed by atoms with Crippen molar-refractivity contribution in [3.05, 3.63) is 0 Å². The fourth-order valence-corrected chi connectivity index (χ4v) is 4.57. The molecule has 3 heteroatoms. The van der Waals surface area contributed by atoms with Gasteiger partial charge in [-0.15, -0.1) is 11.6 Å². The van der Waals surface area contributed by atoms with Crippen molar-refractivity contribution >= 4 is 11.6 Å². The number of nitrogens with zero attached hydrogens (tertiary/aromatic N) is 1. The predicted molar refractivity (Wildman–Crippen MR) is 76.9 cm³/mol. The predicted octanol–water partition coefficient (Wildman–Crippen LogP) is 3.20. The summed E-state index contributed by atoms with van der Waals surface area (Å²) < 4.78 is 0.